The van der Waals surface area contributed by atoms with Crippen molar-refractivity contribution < 1.29 is 14.2 Å². The molecule has 1 aliphatic heterocycles. The lowest BCUT2D eigenvalue weighted by molar-refractivity contribution is 0.0708. The standard InChI is InChI=1S/C25H28FN3O2S/c1-31-21-5-7-25-23(13-21)22(8-10-27-25)24(26)6-4-18-9-12-29(14-19(18)15-30)11-2-3-20-16-32-17-28-20/h5,7-8,10,13,16-19,24,30H,4,6,9,11-12,14-15H2,1H3/t18-,19-,24?/m1/s1. The lowest BCUT2D eigenvalue weighted by atomic mass is 9.81. The minimum Gasteiger partial charge on any atom is -0.497 e. The molecule has 0 radical (unpaired) electrons. The predicted molar refractivity (Wildman–Crippen MR) is 125 cm³/mol. The van der Waals surface area contributed by atoms with E-state index < -0.39 is 6.17 Å². The van der Waals surface area contributed by atoms with Crippen LogP contribution in [0.15, 0.2) is 41.4 Å². The van der Waals surface area contributed by atoms with Crippen molar-refractivity contribution in [1.82, 2.24) is 14.9 Å². The van der Waals surface area contributed by atoms with Gasteiger partial charge < -0.3 is 9.84 Å². The second-order valence-corrected chi connectivity index (χ2v) is 8.95. The third-order valence-electron chi connectivity index (χ3n) is 6.27. The lowest BCUT2D eigenvalue weighted by Crippen LogP contribution is -2.42. The van der Waals surface area contributed by atoms with E-state index in [1.165, 1.54) is 11.3 Å². The molecule has 0 saturated carbocycles. The van der Waals surface area contributed by atoms with Crippen molar-refractivity contribution in [3.05, 3.63) is 52.6 Å². The van der Waals surface area contributed by atoms with E-state index in [2.05, 4.69) is 26.7 Å². The molecule has 1 saturated heterocycles. The largest absolute Gasteiger partial charge is 0.497 e. The highest BCUT2D eigenvalue weighted by Crippen LogP contribution is 2.35. The van der Waals surface area contributed by atoms with Gasteiger partial charge in [-0.2, -0.15) is 0 Å². The number of alkyl halides is 1. The molecule has 3 atom stereocenters. The van der Waals surface area contributed by atoms with Crippen molar-refractivity contribution in [2.24, 2.45) is 11.8 Å². The van der Waals surface area contributed by atoms with Gasteiger partial charge in [0, 0.05) is 30.1 Å². The van der Waals surface area contributed by atoms with Crippen molar-refractivity contribution in [2.75, 3.05) is 33.4 Å². The van der Waals surface area contributed by atoms with Gasteiger partial charge >= 0.3 is 0 Å². The van der Waals surface area contributed by atoms with Crippen LogP contribution in [0, 0.1) is 23.7 Å². The number of aromatic nitrogens is 2. The molecule has 32 heavy (non-hydrogen) atoms. The summed E-state index contributed by atoms with van der Waals surface area (Å²) < 4.78 is 20.6. The van der Waals surface area contributed by atoms with Crippen LogP contribution in [-0.4, -0.2) is 53.3 Å². The number of aliphatic hydroxyl groups is 1. The molecule has 1 unspecified atom stereocenters. The van der Waals surface area contributed by atoms with Gasteiger partial charge in [0.05, 0.1) is 24.7 Å². The average molecular weight is 454 g/mol. The van der Waals surface area contributed by atoms with E-state index in [0.29, 0.717) is 30.2 Å². The van der Waals surface area contributed by atoms with Crippen LogP contribution < -0.4 is 4.74 Å². The van der Waals surface area contributed by atoms with E-state index in [4.69, 9.17) is 4.74 Å². The number of thiazole rings is 1. The molecule has 168 valence electrons. The van der Waals surface area contributed by atoms with Crippen LogP contribution in [0.25, 0.3) is 10.9 Å². The second kappa shape index (κ2) is 10.9. The Labute approximate surface area is 192 Å². The molecule has 4 rings (SSSR count). The smallest absolute Gasteiger partial charge is 0.126 e. The van der Waals surface area contributed by atoms with Gasteiger partial charge in [0.2, 0.25) is 0 Å². The Bertz CT molecular complexity index is 1080. The number of halogens is 1. The number of likely N-dealkylation sites (tertiary alicyclic amines) is 1. The second-order valence-electron chi connectivity index (χ2n) is 8.23. The van der Waals surface area contributed by atoms with Gasteiger partial charge in [0.1, 0.15) is 17.6 Å². The summed E-state index contributed by atoms with van der Waals surface area (Å²) in [6.07, 6.45) is 2.72. The number of nitrogens with zero attached hydrogens (tertiary/aromatic N) is 3. The molecule has 0 amide bonds. The van der Waals surface area contributed by atoms with Crippen molar-refractivity contribution in [1.29, 1.82) is 0 Å². The molecule has 5 nitrogen and oxygen atoms in total. The monoisotopic (exact) mass is 453 g/mol. The summed E-state index contributed by atoms with van der Waals surface area (Å²) in [5, 5.41) is 12.7. The highest BCUT2D eigenvalue weighted by molar-refractivity contribution is 7.07. The Kier molecular flexibility index (Phi) is 7.69. The normalized spacial score (nSPS) is 20.0. The number of fused-ring (bicyclic) bond motifs is 1. The highest BCUT2D eigenvalue weighted by atomic mass is 32.1. The summed E-state index contributed by atoms with van der Waals surface area (Å²) in [7, 11) is 1.61. The minimum atomic E-state index is -1.08. The molecule has 3 heterocycles. The predicted octanol–water partition coefficient (Wildman–Crippen LogP) is 4.47. The zero-order valence-electron chi connectivity index (χ0n) is 18.2. The quantitative estimate of drug-likeness (QED) is 0.535. The molecular formula is C25H28FN3O2S. The summed E-state index contributed by atoms with van der Waals surface area (Å²) in [5.41, 5.74) is 4.01. The topological polar surface area (TPSA) is 58.5 Å². The number of pyridine rings is 1. The first-order valence-electron chi connectivity index (χ1n) is 10.9. The molecule has 1 N–H and O–H groups in total. The molecule has 1 aromatic carbocycles. The maximum atomic E-state index is 15.3. The van der Waals surface area contributed by atoms with Crippen LogP contribution in [-0.2, 0) is 0 Å². The maximum absolute atomic E-state index is 15.3. The number of piperidine rings is 1. The zero-order chi connectivity index (χ0) is 22.3. The van der Waals surface area contributed by atoms with Crippen LogP contribution in [0.3, 0.4) is 0 Å². The first-order valence-corrected chi connectivity index (χ1v) is 11.9. The number of aliphatic hydroxyl groups excluding tert-OH is 1. The molecule has 0 spiro atoms. The first kappa shape index (κ1) is 22.7. The molecular weight excluding hydrogens is 425 g/mol. The summed E-state index contributed by atoms with van der Waals surface area (Å²) in [5.74, 6) is 7.41. The maximum Gasteiger partial charge on any atom is 0.126 e. The van der Waals surface area contributed by atoms with E-state index in [1.54, 1.807) is 24.9 Å². The number of benzene rings is 1. The zero-order valence-corrected chi connectivity index (χ0v) is 19.0. The molecule has 1 fully saturated rings. The van der Waals surface area contributed by atoms with Crippen molar-refractivity contribution in [3.63, 3.8) is 0 Å². The van der Waals surface area contributed by atoms with Gasteiger partial charge in [0.25, 0.3) is 0 Å². The van der Waals surface area contributed by atoms with Crippen LogP contribution in [0.5, 0.6) is 5.75 Å². The van der Waals surface area contributed by atoms with E-state index in [-0.39, 0.29) is 12.5 Å². The van der Waals surface area contributed by atoms with Gasteiger partial charge in [0.15, 0.2) is 0 Å². The summed E-state index contributed by atoms with van der Waals surface area (Å²) in [4.78, 5) is 10.8. The van der Waals surface area contributed by atoms with E-state index in [0.717, 1.165) is 42.5 Å². The Hall–Kier alpha value is -2.53. The molecule has 2 aromatic heterocycles. The van der Waals surface area contributed by atoms with Gasteiger partial charge in [-0.15, -0.1) is 11.3 Å². The van der Waals surface area contributed by atoms with Crippen LogP contribution in [0.1, 0.15) is 36.7 Å². The van der Waals surface area contributed by atoms with Gasteiger partial charge in [-0.3, -0.25) is 9.88 Å². The fourth-order valence-corrected chi connectivity index (χ4v) is 4.95. The first-order chi connectivity index (χ1) is 15.7. The molecule has 0 aliphatic carbocycles. The number of hydrogen-bond donors (Lipinski definition) is 1. The SMILES string of the molecule is COc1ccc2nccc(C(F)CC[C@@H]3CCN(CC#Cc4cscn4)C[C@@H]3CO)c2c1. The number of methoxy groups -OCH3 is 1. The Morgan fingerprint density at radius 3 is 3.00 bits per heavy atom. The fraction of sp³-hybridized carbons (Fsp3) is 0.440. The van der Waals surface area contributed by atoms with Crippen molar-refractivity contribution in [3.8, 4) is 17.6 Å². The van der Waals surface area contributed by atoms with Crippen molar-refractivity contribution >= 4 is 22.2 Å². The van der Waals surface area contributed by atoms with Gasteiger partial charge in [-0.05, 0) is 73.4 Å². The van der Waals surface area contributed by atoms with E-state index in [9.17, 15) is 5.11 Å². The highest BCUT2D eigenvalue weighted by Gasteiger charge is 2.29. The van der Waals surface area contributed by atoms with Gasteiger partial charge in [-0.1, -0.05) is 5.92 Å². The van der Waals surface area contributed by atoms with Crippen molar-refractivity contribution in [2.45, 2.75) is 25.4 Å². The Balaban J connectivity index is 1.35. The van der Waals surface area contributed by atoms with Crippen LogP contribution in [0.4, 0.5) is 4.39 Å². The Morgan fingerprint density at radius 1 is 1.31 bits per heavy atom. The van der Waals surface area contributed by atoms with E-state index >= 15 is 4.39 Å². The Morgan fingerprint density at radius 2 is 2.22 bits per heavy atom. The number of rotatable bonds is 7. The van der Waals surface area contributed by atoms with Crippen LogP contribution >= 0.6 is 11.3 Å². The molecule has 7 heteroatoms. The van der Waals surface area contributed by atoms with Gasteiger partial charge in [-0.25, -0.2) is 9.37 Å². The molecule has 0 bridgehead atoms. The minimum absolute atomic E-state index is 0.118. The third kappa shape index (κ3) is 5.44. The van der Waals surface area contributed by atoms with Crippen LogP contribution in [0.2, 0.25) is 0 Å². The number of ether oxygens (including phenoxy) is 1. The number of hydrogen-bond acceptors (Lipinski definition) is 6. The summed E-state index contributed by atoms with van der Waals surface area (Å²) >= 11 is 1.54. The summed E-state index contributed by atoms with van der Waals surface area (Å²) in [6, 6.07) is 7.32. The average Bonchev–Trinajstić information content (AvgIpc) is 3.35. The lowest BCUT2D eigenvalue weighted by Gasteiger charge is -2.37. The molecule has 1 aliphatic rings. The molecule has 3 aromatic rings. The van der Waals surface area contributed by atoms with E-state index in [1.807, 2.05) is 23.6 Å². The fourth-order valence-electron chi connectivity index (χ4n) is 4.47. The summed E-state index contributed by atoms with van der Waals surface area (Å²) in [6.45, 7) is 2.49. The third-order valence-corrected chi connectivity index (χ3v) is 6.86.